The molecule has 2 rings (SSSR count). The molecule has 0 unspecified atom stereocenters. The Morgan fingerprint density at radius 1 is 1.13 bits per heavy atom. The molecule has 0 heterocycles. The van der Waals surface area contributed by atoms with E-state index in [2.05, 4.69) is 0 Å². The quantitative estimate of drug-likeness (QED) is 0.373. The van der Waals surface area contributed by atoms with E-state index < -0.39 is 0 Å². The van der Waals surface area contributed by atoms with Gasteiger partial charge in [-0.1, -0.05) is 36.4 Å². The summed E-state index contributed by atoms with van der Waals surface area (Å²) in [5.74, 6) is 0.331. The maximum atomic E-state index is 10.8. The van der Waals surface area contributed by atoms with Crippen LogP contribution in [0.25, 0.3) is 10.8 Å². The van der Waals surface area contributed by atoms with Crippen LogP contribution in [0, 0.1) is 0 Å². The van der Waals surface area contributed by atoms with Gasteiger partial charge < -0.3 is 6.16 Å². The fourth-order valence-corrected chi connectivity index (χ4v) is 1.44. The Hall–Kier alpha value is -0.830. The zero-order valence-corrected chi connectivity index (χ0v) is 10.9. The van der Waals surface area contributed by atoms with E-state index >= 15 is 0 Å². The summed E-state index contributed by atoms with van der Waals surface area (Å²) in [6, 6.07) is 13.5. The molecule has 0 N–H and O–H groups in total. The second-order valence-electron chi connectivity index (χ2n) is 3.07. The summed E-state index contributed by atoms with van der Waals surface area (Å²) in [6.07, 6.45) is 0. The van der Waals surface area contributed by atoms with E-state index in [4.69, 9.17) is 4.74 Å². The second kappa shape index (κ2) is 5.31. The molecule has 2 nitrogen and oxygen atoms in total. The zero-order chi connectivity index (χ0) is 9.97. The van der Waals surface area contributed by atoms with E-state index in [-0.39, 0.29) is 37.0 Å². The predicted molar refractivity (Wildman–Crippen MR) is 56.4 cm³/mol. The van der Waals surface area contributed by atoms with Crippen molar-refractivity contribution in [3.05, 3.63) is 42.5 Å². The Morgan fingerprint density at radius 2 is 1.80 bits per heavy atom. The largest absolute Gasteiger partial charge is 1.00 e. The van der Waals surface area contributed by atoms with Crippen LogP contribution in [0.5, 0.6) is 5.75 Å². The van der Waals surface area contributed by atoms with Crippen LogP contribution in [0.15, 0.2) is 42.5 Å². The van der Waals surface area contributed by atoms with Crippen molar-refractivity contribution in [2.24, 2.45) is 0 Å². The number of fused-ring (bicyclic) bond motifs is 1. The van der Waals surface area contributed by atoms with Crippen molar-refractivity contribution in [1.29, 1.82) is 0 Å². The summed E-state index contributed by atoms with van der Waals surface area (Å²) >= 11 is 0. The van der Waals surface area contributed by atoms with Gasteiger partial charge >= 0.3 is 35.5 Å². The maximum absolute atomic E-state index is 10.8. The van der Waals surface area contributed by atoms with E-state index in [0.717, 1.165) is 10.8 Å². The molecule has 15 heavy (non-hydrogen) atoms. The molecule has 0 spiro atoms. The molecule has 0 aliphatic carbocycles. The summed E-state index contributed by atoms with van der Waals surface area (Å²) in [7, 11) is 0. The number of benzene rings is 2. The van der Waals surface area contributed by atoms with Gasteiger partial charge in [-0.2, -0.15) is 0 Å². The first-order valence-electron chi connectivity index (χ1n) is 4.43. The average molecular weight is 210 g/mol. The standard InChI is InChI=1S/C12H10O2.Na.H/c1-9(13)14-12-8-4-6-10-5-2-3-7-11(10)12;;/h2-8H,1H3;;/q;+1;-1. The molecule has 0 aliphatic heterocycles. The zero-order valence-electron chi connectivity index (χ0n) is 9.86. The minimum atomic E-state index is -0.290. The van der Waals surface area contributed by atoms with Gasteiger partial charge in [-0.25, -0.2) is 0 Å². The molecule has 2 aromatic rings. The van der Waals surface area contributed by atoms with E-state index in [0.29, 0.717) is 5.75 Å². The number of ether oxygens (including phenoxy) is 1. The van der Waals surface area contributed by atoms with Crippen LogP contribution in [0.3, 0.4) is 0 Å². The fraction of sp³-hybridized carbons (Fsp3) is 0.0833. The molecular weight excluding hydrogens is 199 g/mol. The van der Waals surface area contributed by atoms with Crippen LogP contribution in [0.2, 0.25) is 0 Å². The number of esters is 1. The Kier molecular flexibility index (Phi) is 4.33. The number of carbonyl (C=O) groups excluding carboxylic acids is 1. The van der Waals surface area contributed by atoms with Gasteiger partial charge in [0.25, 0.3) is 0 Å². The van der Waals surface area contributed by atoms with Crippen molar-refractivity contribution in [2.75, 3.05) is 0 Å². The molecule has 3 heteroatoms. The SMILES string of the molecule is CC(=O)Oc1cccc2ccccc12.[H-].[Na+]. The van der Waals surface area contributed by atoms with Gasteiger partial charge in [0, 0.05) is 12.3 Å². The van der Waals surface area contributed by atoms with Gasteiger partial charge in [0.1, 0.15) is 5.75 Å². The van der Waals surface area contributed by atoms with E-state index in [1.54, 1.807) is 6.07 Å². The molecule has 2 aromatic carbocycles. The molecule has 0 saturated carbocycles. The third-order valence-electron chi connectivity index (χ3n) is 2.00. The van der Waals surface area contributed by atoms with Gasteiger partial charge in [-0.05, 0) is 11.5 Å². The maximum Gasteiger partial charge on any atom is 1.00 e. The topological polar surface area (TPSA) is 26.3 Å². The van der Waals surface area contributed by atoms with Crippen molar-refractivity contribution in [2.45, 2.75) is 6.92 Å². The first kappa shape index (κ1) is 12.2. The van der Waals surface area contributed by atoms with Crippen molar-refractivity contribution in [3.8, 4) is 5.75 Å². The third kappa shape index (κ3) is 2.81. The summed E-state index contributed by atoms with van der Waals surface area (Å²) in [5.41, 5.74) is 0. The molecule has 0 fully saturated rings. The first-order chi connectivity index (χ1) is 6.77. The van der Waals surface area contributed by atoms with Gasteiger partial charge in [0.05, 0.1) is 0 Å². The molecule has 0 bridgehead atoms. The molecule has 0 atom stereocenters. The molecule has 0 amide bonds. The van der Waals surface area contributed by atoms with Crippen LogP contribution in [0.4, 0.5) is 0 Å². The van der Waals surface area contributed by atoms with Crippen LogP contribution in [-0.4, -0.2) is 5.97 Å². The van der Waals surface area contributed by atoms with Crippen LogP contribution < -0.4 is 34.3 Å². The van der Waals surface area contributed by atoms with Crippen molar-refractivity contribution < 1.29 is 40.5 Å². The number of hydrogen-bond donors (Lipinski definition) is 0. The predicted octanol–water partition coefficient (Wildman–Crippen LogP) is -0.118. The number of hydrogen-bond acceptors (Lipinski definition) is 2. The molecular formula is C12H11NaO2. The van der Waals surface area contributed by atoms with Gasteiger partial charge in [0.2, 0.25) is 0 Å². The molecule has 0 saturated heterocycles. The van der Waals surface area contributed by atoms with E-state index in [9.17, 15) is 4.79 Å². The normalized spacial score (nSPS) is 9.40. The fourth-order valence-electron chi connectivity index (χ4n) is 1.44. The second-order valence-corrected chi connectivity index (χ2v) is 3.07. The summed E-state index contributed by atoms with van der Waals surface area (Å²) < 4.78 is 5.09. The van der Waals surface area contributed by atoms with Gasteiger partial charge in [0.15, 0.2) is 0 Å². The smallest absolute Gasteiger partial charge is 1.00 e. The number of carbonyl (C=O) groups is 1. The van der Waals surface area contributed by atoms with Crippen LogP contribution in [0.1, 0.15) is 8.35 Å². The molecule has 0 radical (unpaired) electrons. The van der Waals surface area contributed by atoms with Crippen molar-refractivity contribution >= 4 is 16.7 Å². The molecule has 72 valence electrons. The van der Waals surface area contributed by atoms with Gasteiger partial charge in [-0.3, -0.25) is 4.79 Å². The Morgan fingerprint density at radius 3 is 2.53 bits per heavy atom. The Balaban J connectivity index is 0.00000112. The van der Waals surface area contributed by atoms with Crippen LogP contribution in [-0.2, 0) is 4.79 Å². The summed E-state index contributed by atoms with van der Waals surface area (Å²) in [5, 5.41) is 2.04. The van der Waals surface area contributed by atoms with Crippen molar-refractivity contribution in [1.82, 2.24) is 0 Å². The average Bonchev–Trinajstić information content (AvgIpc) is 2.18. The molecule has 0 aromatic heterocycles. The first-order valence-corrected chi connectivity index (χ1v) is 4.43. The third-order valence-corrected chi connectivity index (χ3v) is 2.00. The number of rotatable bonds is 1. The minimum Gasteiger partial charge on any atom is -1.00 e. The molecule has 0 aliphatic rings. The van der Waals surface area contributed by atoms with Crippen LogP contribution >= 0.6 is 0 Å². The minimum absolute atomic E-state index is 0. The monoisotopic (exact) mass is 210 g/mol. The summed E-state index contributed by atoms with van der Waals surface area (Å²) in [6.45, 7) is 1.40. The Labute approximate surface area is 112 Å². The van der Waals surface area contributed by atoms with Gasteiger partial charge in [-0.15, -0.1) is 0 Å². The summed E-state index contributed by atoms with van der Waals surface area (Å²) in [4.78, 5) is 10.8. The van der Waals surface area contributed by atoms with E-state index in [1.165, 1.54) is 6.92 Å². The Bertz CT molecular complexity index is 480. The van der Waals surface area contributed by atoms with E-state index in [1.807, 2.05) is 36.4 Å². The van der Waals surface area contributed by atoms with Crippen molar-refractivity contribution in [3.63, 3.8) is 0 Å².